The number of halogens is 1. The van der Waals surface area contributed by atoms with Crippen molar-refractivity contribution in [2.24, 2.45) is 5.92 Å². The lowest BCUT2D eigenvalue weighted by Crippen LogP contribution is -2.22. The van der Waals surface area contributed by atoms with Gasteiger partial charge < -0.3 is 10.6 Å². The summed E-state index contributed by atoms with van der Waals surface area (Å²) in [5.74, 6) is -1.08. The monoisotopic (exact) mass is 312 g/mol. The molecule has 0 spiro atoms. The van der Waals surface area contributed by atoms with E-state index in [4.69, 9.17) is 0 Å². The molecule has 3 rings (SSSR count). The summed E-state index contributed by atoms with van der Waals surface area (Å²) in [4.78, 5) is 24.2. The summed E-state index contributed by atoms with van der Waals surface area (Å²) in [7, 11) is 1.54. The van der Waals surface area contributed by atoms with Gasteiger partial charge in [-0.2, -0.15) is 0 Å². The molecule has 118 valence electrons. The molecule has 2 aromatic rings. The van der Waals surface area contributed by atoms with Crippen LogP contribution in [0.2, 0.25) is 0 Å². The minimum Gasteiger partial charge on any atom is -0.355 e. The second-order valence-electron chi connectivity index (χ2n) is 5.58. The minimum absolute atomic E-state index is 0.0941. The van der Waals surface area contributed by atoms with Crippen LogP contribution in [0.15, 0.2) is 48.5 Å². The lowest BCUT2D eigenvalue weighted by Gasteiger charge is -2.10. The van der Waals surface area contributed by atoms with Gasteiger partial charge in [0.2, 0.25) is 5.91 Å². The summed E-state index contributed by atoms with van der Waals surface area (Å²) in [6.45, 7) is 0. The first kappa shape index (κ1) is 15.2. The first-order chi connectivity index (χ1) is 11.1. The van der Waals surface area contributed by atoms with Crippen LogP contribution in [-0.4, -0.2) is 18.9 Å². The van der Waals surface area contributed by atoms with Gasteiger partial charge in [-0.05, 0) is 36.1 Å². The first-order valence-electron chi connectivity index (χ1n) is 7.48. The normalized spacial score (nSPS) is 19.0. The zero-order valence-electron chi connectivity index (χ0n) is 12.7. The van der Waals surface area contributed by atoms with Gasteiger partial charge in [0, 0.05) is 13.0 Å². The highest BCUT2D eigenvalue weighted by Gasteiger charge is 2.45. The van der Waals surface area contributed by atoms with Gasteiger partial charge in [0.25, 0.3) is 5.91 Å². The van der Waals surface area contributed by atoms with E-state index in [1.54, 1.807) is 42.5 Å². The lowest BCUT2D eigenvalue weighted by atomic mass is 10.1. The smallest absolute Gasteiger partial charge is 0.253 e. The Morgan fingerprint density at radius 2 is 1.78 bits per heavy atom. The van der Waals surface area contributed by atoms with Gasteiger partial charge in [0.05, 0.1) is 11.3 Å². The van der Waals surface area contributed by atoms with E-state index in [0.29, 0.717) is 23.2 Å². The fraction of sp³-hybridized carbons (Fsp3) is 0.222. The van der Waals surface area contributed by atoms with Gasteiger partial charge in [0.15, 0.2) is 0 Å². The van der Waals surface area contributed by atoms with Crippen LogP contribution >= 0.6 is 0 Å². The van der Waals surface area contributed by atoms with Crippen molar-refractivity contribution < 1.29 is 14.0 Å². The van der Waals surface area contributed by atoms with E-state index >= 15 is 0 Å². The molecule has 1 fully saturated rings. The van der Waals surface area contributed by atoms with Crippen LogP contribution < -0.4 is 10.6 Å². The maximum Gasteiger partial charge on any atom is 0.253 e. The van der Waals surface area contributed by atoms with Crippen molar-refractivity contribution in [2.45, 2.75) is 12.3 Å². The molecule has 2 amide bonds. The zero-order valence-corrected chi connectivity index (χ0v) is 12.7. The quantitative estimate of drug-likeness (QED) is 0.912. The van der Waals surface area contributed by atoms with Crippen LogP contribution in [0.3, 0.4) is 0 Å². The molecule has 1 aliphatic carbocycles. The number of hydrogen-bond donors (Lipinski definition) is 2. The fourth-order valence-corrected chi connectivity index (χ4v) is 2.75. The molecule has 4 nitrogen and oxygen atoms in total. The van der Waals surface area contributed by atoms with Gasteiger partial charge in [-0.1, -0.05) is 30.3 Å². The minimum atomic E-state index is -0.279. The molecule has 1 aliphatic rings. The number of carbonyl (C=O) groups excluding carboxylic acids is 2. The number of rotatable bonds is 4. The molecule has 1 saturated carbocycles. The maximum absolute atomic E-state index is 13.8. The van der Waals surface area contributed by atoms with Crippen molar-refractivity contribution in [2.75, 3.05) is 12.4 Å². The highest BCUT2D eigenvalue weighted by Crippen LogP contribution is 2.48. The van der Waals surface area contributed by atoms with Crippen molar-refractivity contribution in [3.05, 3.63) is 65.5 Å². The highest BCUT2D eigenvalue weighted by molar-refractivity contribution is 6.04. The lowest BCUT2D eigenvalue weighted by molar-refractivity contribution is -0.117. The van der Waals surface area contributed by atoms with Gasteiger partial charge in [-0.3, -0.25) is 9.59 Å². The number of amides is 2. The van der Waals surface area contributed by atoms with E-state index in [0.717, 1.165) is 0 Å². The average Bonchev–Trinajstić information content (AvgIpc) is 3.35. The molecule has 0 heterocycles. The highest BCUT2D eigenvalue weighted by atomic mass is 19.1. The van der Waals surface area contributed by atoms with Gasteiger partial charge in [-0.15, -0.1) is 0 Å². The topological polar surface area (TPSA) is 58.2 Å². The molecular weight excluding hydrogens is 295 g/mol. The number of anilines is 1. The standard InChI is InChI=1S/C18H17FN2O2/c1-20-17(22)12-7-3-5-9-16(12)21-18(23)14-10-13(14)11-6-2-4-8-15(11)19/h2-9,13-14H,10H2,1H3,(H,20,22)(H,21,23). The molecule has 0 saturated heterocycles. The first-order valence-corrected chi connectivity index (χ1v) is 7.48. The molecule has 5 heteroatoms. The summed E-state index contributed by atoms with van der Waals surface area (Å²) in [6, 6.07) is 13.3. The Morgan fingerprint density at radius 3 is 2.52 bits per heavy atom. The largest absolute Gasteiger partial charge is 0.355 e. The second-order valence-corrected chi connectivity index (χ2v) is 5.58. The van der Waals surface area contributed by atoms with Crippen LogP contribution in [0.4, 0.5) is 10.1 Å². The third-order valence-corrected chi connectivity index (χ3v) is 4.09. The van der Waals surface area contributed by atoms with Crippen LogP contribution in [0.1, 0.15) is 28.3 Å². The maximum atomic E-state index is 13.8. The summed E-state index contributed by atoms with van der Waals surface area (Å²) in [5.41, 5.74) is 1.45. The van der Waals surface area contributed by atoms with Crippen molar-refractivity contribution >= 4 is 17.5 Å². The molecule has 0 aromatic heterocycles. The zero-order chi connectivity index (χ0) is 16.4. The molecule has 2 atom stereocenters. The third kappa shape index (κ3) is 3.08. The molecule has 0 aliphatic heterocycles. The van der Waals surface area contributed by atoms with E-state index in [1.165, 1.54) is 13.1 Å². The summed E-state index contributed by atoms with van der Waals surface area (Å²) in [6.07, 6.45) is 0.620. The fourth-order valence-electron chi connectivity index (χ4n) is 2.75. The van der Waals surface area contributed by atoms with E-state index in [-0.39, 0.29) is 29.5 Å². The Morgan fingerprint density at radius 1 is 1.09 bits per heavy atom. The van der Waals surface area contributed by atoms with E-state index in [9.17, 15) is 14.0 Å². The Balaban J connectivity index is 1.73. The van der Waals surface area contributed by atoms with E-state index < -0.39 is 0 Å². The number of hydrogen-bond acceptors (Lipinski definition) is 2. The van der Waals surface area contributed by atoms with Crippen molar-refractivity contribution in [3.63, 3.8) is 0 Å². The van der Waals surface area contributed by atoms with Crippen LogP contribution in [0.25, 0.3) is 0 Å². The number of benzene rings is 2. The van der Waals surface area contributed by atoms with Gasteiger partial charge in [-0.25, -0.2) is 4.39 Å². The van der Waals surface area contributed by atoms with Crippen LogP contribution in [0.5, 0.6) is 0 Å². The van der Waals surface area contributed by atoms with Crippen LogP contribution in [0, 0.1) is 11.7 Å². The third-order valence-electron chi connectivity index (χ3n) is 4.09. The average molecular weight is 312 g/mol. The molecular formula is C18H17FN2O2. The number of para-hydroxylation sites is 1. The summed E-state index contributed by atoms with van der Waals surface area (Å²) in [5, 5.41) is 5.33. The summed E-state index contributed by atoms with van der Waals surface area (Å²) < 4.78 is 13.8. The number of carbonyl (C=O) groups is 2. The predicted molar refractivity (Wildman–Crippen MR) is 85.7 cm³/mol. The molecule has 0 radical (unpaired) electrons. The Bertz CT molecular complexity index is 760. The molecule has 2 aromatic carbocycles. The van der Waals surface area contributed by atoms with Gasteiger partial charge in [0.1, 0.15) is 5.82 Å². The van der Waals surface area contributed by atoms with Crippen molar-refractivity contribution in [1.82, 2.24) is 5.32 Å². The van der Waals surface area contributed by atoms with E-state index in [2.05, 4.69) is 10.6 Å². The molecule has 23 heavy (non-hydrogen) atoms. The SMILES string of the molecule is CNC(=O)c1ccccc1NC(=O)C1CC1c1ccccc1F. The Labute approximate surface area is 133 Å². The van der Waals surface area contributed by atoms with Gasteiger partial charge >= 0.3 is 0 Å². The Kier molecular flexibility index (Phi) is 4.10. The van der Waals surface area contributed by atoms with E-state index in [1.807, 2.05) is 0 Å². The summed E-state index contributed by atoms with van der Waals surface area (Å²) >= 11 is 0. The van der Waals surface area contributed by atoms with Crippen molar-refractivity contribution in [3.8, 4) is 0 Å². The molecule has 2 N–H and O–H groups in total. The molecule has 0 bridgehead atoms. The second kappa shape index (κ2) is 6.20. The van der Waals surface area contributed by atoms with Crippen LogP contribution in [-0.2, 0) is 4.79 Å². The predicted octanol–water partition coefficient (Wildman–Crippen LogP) is 2.93. The van der Waals surface area contributed by atoms with Crippen molar-refractivity contribution in [1.29, 1.82) is 0 Å². The molecule has 2 unspecified atom stereocenters. The number of nitrogens with one attached hydrogen (secondary N) is 2. The Hall–Kier alpha value is -2.69.